The normalized spacial score (nSPS) is 17.9. The Balaban J connectivity index is 1.64. The summed E-state index contributed by atoms with van der Waals surface area (Å²) in [5.41, 5.74) is 13.9. The van der Waals surface area contributed by atoms with Crippen molar-refractivity contribution in [2.24, 2.45) is 18.5 Å². The Morgan fingerprint density at radius 2 is 1.71 bits per heavy atom. The highest BCUT2D eigenvalue weighted by atomic mass is 16.2. The molecule has 2 aliphatic rings. The van der Waals surface area contributed by atoms with E-state index in [0.29, 0.717) is 49.2 Å². The number of nitriles is 1. The first-order chi connectivity index (χ1) is 20.0. The molecule has 0 saturated carbocycles. The first-order valence-electron chi connectivity index (χ1n) is 14.0. The van der Waals surface area contributed by atoms with Gasteiger partial charge < -0.3 is 21.7 Å². The Morgan fingerprint density at radius 1 is 1.12 bits per heavy atom. The Morgan fingerprint density at radius 3 is 2.21 bits per heavy atom. The predicted molar refractivity (Wildman–Crippen MR) is 153 cm³/mol. The Hall–Kier alpha value is -4.76. The minimum atomic E-state index is -1.04. The molecule has 3 aromatic rings. The second-order valence-corrected chi connectivity index (χ2v) is 11.1. The van der Waals surface area contributed by atoms with Gasteiger partial charge in [-0.3, -0.25) is 19.4 Å². The van der Waals surface area contributed by atoms with E-state index in [-0.39, 0.29) is 18.5 Å². The smallest absolute Gasteiger partial charge is 0.343 e. The van der Waals surface area contributed by atoms with E-state index in [1.54, 1.807) is 36.2 Å². The lowest BCUT2D eigenvalue weighted by atomic mass is 9.67. The summed E-state index contributed by atoms with van der Waals surface area (Å²) in [4.78, 5) is 54.6. The largest absolute Gasteiger partial charge is 0.366 e. The number of H-pyrrole nitrogens is 1. The molecular weight excluding hydrogens is 536 g/mol. The van der Waals surface area contributed by atoms with Crippen LogP contribution in [0.15, 0.2) is 41.2 Å². The molecule has 1 fully saturated rings. The lowest BCUT2D eigenvalue weighted by Crippen LogP contribution is -2.45. The molecule has 1 aromatic heterocycles. The summed E-state index contributed by atoms with van der Waals surface area (Å²) in [5, 5.41) is 17.4. The third kappa shape index (κ3) is 5.07. The fourth-order valence-corrected chi connectivity index (χ4v) is 6.42. The number of primary amides is 2. The maximum atomic E-state index is 13.0. The number of aromatic nitrogens is 3. The summed E-state index contributed by atoms with van der Waals surface area (Å²) in [6.45, 7) is 2.54. The van der Waals surface area contributed by atoms with Gasteiger partial charge in [0.05, 0.1) is 18.0 Å². The van der Waals surface area contributed by atoms with Crippen LogP contribution in [-0.2, 0) is 30.1 Å². The van der Waals surface area contributed by atoms with Crippen molar-refractivity contribution in [1.29, 1.82) is 5.26 Å². The van der Waals surface area contributed by atoms with E-state index in [1.165, 1.54) is 4.68 Å². The molecule has 2 heterocycles. The number of nitrogens with one attached hydrogen (secondary N) is 2. The number of carbonyl (C=O) groups excluding carboxylic acids is 3. The van der Waals surface area contributed by atoms with Crippen LogP contribution in [0.1, 0.15) is 75.0 Å². The summed E-state index contributed by atoms with van der Waals surface area (Å²) >= 11 is 0. The van der Waals surface area contributed by atoms with Gasteiger partial charge in [-0.05, 0) is 85.5 Å². The molecule has 6 N–H and O–H groups in total. The SMILES string of the molecule is C[C@@H](CC1(c2nn(C)c(=O)[nH]2)c2ccc(C(N)=O)cc2CCc2cc(C(N)=O)ccc21)NCC(=O)N1CCC[C@H]1C#N. The molecule has 0 unspecified atom stereocenters. The Bertz CT molecular complexity index is 1600. The zero-order valence-corrected chi connectivity index (χ0v) is 23.6. The van der Waals surface area contributed by atoms with Crippen molar-refractivity contribution < 1.29 is 14.4 Å². The van der Waals surface area contributed by atoms with E-state index in [4.69, 9.17) is 11.5 Å². The monoisotopic (exact) mass is 570 g/mol. The maximum absolute atomic E-state index is 13.0. The minimum absolute atomic E-state index is 0.0368. The van der Waals surface area contributed by atoms with Crippen LogP contribution in [0.25, 0.3) is 0 Å². The van der Waals surface area contributed by atoms with Crippen LogP contribution >= 0.6 is 0 Å². The van der Waals surface area contributed by atoms with Crippen molar-refractivity contribution in [3.8, 4) is 6.07 Å². The van der Waals surface area contributed by atoms with E-state index >= 15 is 0 Å². The standard InChI is InChI=1S/C30H34N8O4/c1-17(34-16-25(39)38-11-3-4-22(38)15-31)14-30(28-35-29(42)37(2)36-28)23-9-7-20(26(32)40)12-18(23)5-6-19-13-21(27(33)41)8-10-24(19)30/h7-10,12-13,17,22,34H,3-6,11,14,16H2,1-2H3,(H2,32,40)(H2,33,41)(H,35,36,42)/t17-,22-/m0/s1. The molecule has 12 nitrogen and oxygen atoms in total. The number of benzene rings is 2. The summed E-state index contributed by atoms with van der Waals surface area (Å²) in [5.74, 6) is -0.871. The molecule has 3 amide bonds. The number of aromatic amines is 1. The first kappa shape index (κ1) is 28.8. The quantitative estimate of drug-likeness (QED) is 0.305. The molecule has 42 heavy (non-hydrogen) atoms. The number of likely N-dealkylation sites (tertiary alicyclic amines) is 1. The van der Waals surface area contributed by atoms with Crippen molar-refractivity contribution in [3.63, 3.8) is 0 Å². The number of hydrogen-bond acceptors (Lipinski definition) is 7. The molecule has 1 aliphatic carbocycles. The number of nitrogens with zero attached hydrogens (tertiary/aromatic N) is 4. The number of hydrogen-bond donors (Lipinski definition) is 4. The van der Waals surface area contributed by atoms with Crippen molar-refractivity contribution in [2.45, 2.75) is 56.5 Å². The number of fused-ring (bicyclic) bond motifs is 2. The first-order valence-corrected chi connectivity index (χ1v) is 14.0. The van der Waals surface area contributed by atoms with Crippen LogP contribution in [0, 0.1) is 11.3 Å². The lowest BCUT2D eigenvalue weighted by molar-refractivity contribution is -0.130. The van der Waals surface area contributed by atoms with Crippen LogP contribution < -0.4 is 22.5 Å². The third-order valence-electron chi connectivity index (χ3n) is 8.47. The van der Waals surface area contributed by atoms with Gasteiger partial charge in [0.15, 0.2) is 0 Å². The van der Waals surface area contributed by atoms with Crippen LogP contribution in [0.3, 0.4) is 0 Å². The summed E-state index contributed by atoms with van der Waals surface area (Å²) in [7, 11) is 1.56. The summed E-state index contributed by atoms with van der Waals surface area (Å²) < 4.78 is 1.23. The van der Waals surface area contributed by atoms with Gasteiger partial charge in [-0.15, -0.1) is 0 Å². The highest BCUT2D eigenvalue weighted by Crippen LogP contribution is 2.47. The highest BCUT2D eigenvalue weighted by molar-refractivity contribution is 5.94. The number of aryl methyl sites for hydroxylation is 3. The molecule has 2 atom stereocenters. The van der Waals surface area contributed by atoms with Gasteiger partial charge in [0.25, 0.3) is 0 Å². The number of rotatable bonds is 8. The second-order valence-electron chi connectivity index (χ2n) is 11.1. The fraction of sp³-hybridized carbons (Fsp3) is 0.400. The van der Waals surface area contributed by atoms with Gasteiger partial charge in [-0.25, -0.2) is 9.48 Å². The highest BCUT2D eigenvalue weighted by Gasteiger charge is 2.45. The van der Waals surface area contributed by atoms with Crippen LogP contribution in [-0.4, -0.2) is 62.6 Å². The van der Waals surface area contributed by atoms with Crippen molar-refractivity contribution >= 4 is 17.7 Å². The molecular formula is C30H34N8O4. The molecule has 12 heteroatoms. The third-order valence-corrected chi connectivity index (χ3v) is 8.47. The van der Waals surface area contributed by atoms with Crippen LogP contribution in [0.5, 0.6) is 0 Å². The Labute approximate surface area is 242 Å². The van der Waals surface area contributed by atoms with E-state index in [2.05, 4.69) is 21.5 Å². The molecule has 0 radical (unpaired) electrons. The van der Waals surface area contributed by atoms with Gasteiger partial charge in [-0.2, -0.15) is 10.4 Å². The van der Waals surface area contributed by atoms with Gasteiger partial charge in [-0.1, -0.05) is 12.1 Å². The molecule has 2 aromatic carbocycles. The van der Waals surface area contributed by atoms with Crippen LogP contribution in [0.2, 0.25) is 0 Å². The van der Waals surface area contributed by atoms with Crippen molar-refractivity contribution in [3.05, 3.63) is 86.1 Å². The Kier molecular flexibility index (Phi) is 7.71. The summed E-state index contributed by atoms with van der Waals surface area (Å²) in [6.07, 6.45) is 2.90. The zero-order valence-electron chi connectivity index (χ0n) is 23.6. The van der Waals surface area contributed by atoms with Gasteiger partial charge in [0.1, 0.15) is 11.9 Å². The fourth-order valence-electron chi connectivity index (χ4n) is 6.42. The van der Waals surface area contributed by atoms with E-state index < -0.39 is 29.0 Å². The van der Waals surface area contributed by atoms with Crippen molar-refractivity contribution in [1.82, 2.24) is 25.0 Å². The molecule has 0 bridgehead atoms. The maximum Gasteiger partial charge on any atom is 0.343 e. The topological polar surface area (TPSA) is 193 Å². The number of nitrogens with two attached hydrogens (primary N) is 2. The lowest BCUT2D eigenvalue weighted by Gasteiger charge is -2.37. The molecule has 1 aliphatic heterocycles. The summed E-state index contributed by atoms with van der Waals surface area (Å²) in [6, 6.07) is 12.1. The predicted octanol–water partition coefficient (Wildman–Crippen LogP) is 0.622. The average molecular weight is 571 g/mol. The minimum Gasteiger partial charge on any atom is -0.366 e. The second kappa shape index (κ2) is 11.3. The van der Waals surface area contributed by atoms with Gasteiger partial charge >= 0.3 is 5.69 Å². The van der Waals surface area contributed by atoms with E-state index in [1.807, 2.05) is 19.1 Å². The average Bonchev–Trinajstić information content (AvgIpc) is 3.56. The molecule has 1 saturated heterocycles. The molecule has 5 rings (SSSR count). The van der Waals surface area contributed by atoms with Crippen molar-refractivity contribution in [2.75, 3.05) is 13.1 Å². The van der Waals surface area contributed by atoms with Gasteiger partial charge in [0.2, 0.25) is 17.7 Å². The number of amides is 3. The van der Waals surface area contributed by atoms with Gasteiger partial charge in [0, 0.05) is 30.8 Å². The van der Waals surface area contributed by atoms with E-state index in [0.717, 1.165) is 28.7 Å². The number of carbonyl (C=O) groups is 3. The zero-order chi connectivity index (χ0) is 30.2. The van der Waals surface area contributed by atoms with Crippen LogP contribution in [0.4, 0.5) is 0 Å². The molecule has 0 spiro atoms. The molecule has 218 valence electrons. The van der Waals surface area contributed by atoms with E-state index in [9.17, 15) is 24.4 Å².